The van der Waals surface area contributed by atoms with E-state index in [-0.39, 0.29) is 5.69 Å². The molecule has 0 saturated heterocycles. The van der Waals surface area contributed by atoms with E-state index < -0.39 is 5.97 Å². The van der Waals surface area contributed by atoms with E-state index in [4.69, 9.17) is 9.47 Å². The molecule has 3 aromatic rings. The van der Waals surface area contributed by atoms with Crippen LogP contribution in [0.5, 0.6) is 5.75 Å². The van der Waals surface area contributed by atoms with Crippen molar-refractivity contribution < 1.29 is 14.3 Å². The summed E-state index contributed by atoms with van der Waals surface area (Å²) in [6.07, 6.45) is 3.74. The van der Waals surface area contributed by atoms with Gasteiger partial charge in [-0.1, -0.05) is 48.5 Å². The lowest BCUT2D eigenvalue weighted by Gasteiger charge is -2.09. The maximum Gasteiger partial charge on any atom is 0.358 e. The monoisotopic (exact) mass is 360 g/mol. The third-order valence-corrected chi connectivity index (χ3v) is 3.76. The van der Waals surface area contributed by atoms with Gasteiger partial charge in [-0.15, -0.1) is 5.10 Å². The maximum atomic E-state index is 11.6. The quantitative estimate of drug-likeness (QED) is 0.584. The molecular formula is C22H20N2O3. The van der Waals surface area contributed by atoms with Crippen molar-refractivity contribution in [2.45, 2.75) is 13.5 Å². The lowest BCUT2D eigenvalue weighted by atomic mass is 10.1. The zero-order valence-electron chi connectivity index (χ0n) is 15.0. The fourth-order valence-corrected chi connectivity index (χ4v) is 2.41. The molecule has 0 spiro atoms. The van der Waals surface area contributed by atoms with Crippen molar-refractivity contribution in [3.63, 3.8) is 0 Å². The second-order valence-electron chi connectivity index (χ2n) is 5.71. The normalized spacial score (nSPS) is 10.7. The van der Waals surface area contributed by atoms with Gasteiger partial charge >= 0.3 is 5.97 Å². The van der Waals surface area contributed by atoms with Crippen LogP contribution in [0.25, 0.3) is 12.2 Å². The van der Waals surface area contributed by atoms with Crippen LogP contribution in [0.15, 0.2) is 66.7 Å². The standard InChI is InChI=1S/C22H20N2O3/c1-2-26-22(25)20-15-14-19(23-24-20)13-12-18-10-6-7-11-21(18)27-16-17-8-4-3-5-9-17/h3-15H,2,16H2,1H3/b13-12+. The van der Waals surface area contributed by atoms with Crippen LogP contribution in [0.2, 0.25) is 0 Å². The van der Waals surface area contributed by atoms with Gasteiger partial charge in [0.25, 0.3) is 0 Å². The molecule has 0 bridgehead atoms. The molecule has 5 heteroatoms. The zero-order chi connectivity index (χ0) is 18.9. The van der Waals surface area contributed by atoms with Crippen molar-refractivity contribution >= 4 is 18.1 Å². The SMILES string of the molecule is CCOC(=O)c1ccc(/C=C/c2ccccc2OCc2ccccc2)nn1. The molecule has 1 heterocycles. The number of nitrogens with zero attached hydrogens (tertiary/aromatic N) is 2. The fourth-order valence-electron chi connectivity index (χ4n) is 2.41. The number of hydrogen-bond acceptors (Lipinski definition) is 5. The first-order valence-electron chi connectivity index (χ1n) is 8.71. The van der Waals surface area contributed by atoms with Crippen molar-refractivity contribution in [3.05, 3.63) is 89.2 Å². The zero-order valence-corrected chi connectivity index (χ0v) is 15.0. The summed E-state index contributed by atoms with van der Waals surface area (Å²) in [5.74, 6) is 0.314. The largest absolute Gasteiger partial charge is 0.488 e. The Bertz CT molecular complexity index is 906. The van der Waals surface area contributed by atoms with Crippen LogP contribution in [0, 0.1) is 0 Å². The highest BCUT2D eigenvalue weighted by atomic mass is 16.5. The van der Waals surface area contributed by atoms with Gasteiger partial charge in [-0.25, -0.2) is 4.79 Å². The molecule has 2 aromatic carbocycles. The molecule has 0 radical (unpaired) electrons. The van der Waals surface area contributed by atoms with E-state index in [9.17, 15) is 4.79 Å². The highest BCUT2D eigenvalue weighted by molar-refractivity contribution is 5.87. The Kier molecular flexibility index (Phi) is 6.30. The number of rotatable bonds is 7. The van der Waals surface area contributed by atoms with Gasteiger partial charge in [-0.3, -0.25) is 0 Å². The van der Waals surface area contributed by atoms with E-state index in [1.165, 1.54) is 0 Å². The van der Waals surface area contributed by atoms with E-state index in [0.29, 0.717) is 18.9 Å². The minimum absolute atomic E-state index is 0.195. The summed E-state index contributed by atoms with van der Waals surface area (Å²) in [5, 5.41) is 7.94. The van der Waals surface area contributed by atoms with Gasteiger partial charge in [0, 0.05) is 5.56 Å². The van der Waals surface area contributed by atoms with Crippen LogP contribution in [0.4, 0.5) is 0 Å². The summed E-state index contributed by atoms with van der Waals surface area (Å²) in [4.78, 5) is 11.6. The minimum Gasteiger partial charge on any atom is -0.488 e. The molecule has 27 heavy (non-hydrogen) atoms. The molecule has 1 aromatic heterocycles. The molecular weight excluding hydrogens is 340 g/mol. The molecule has 0 aliphatic heterocycles. The van der Waals surface area contributed by atoms with Gasteiger partial charge in [0.15, 0.2) is 5.69 Å². The number of para-hydroxylation sites is 1. The third kappa shape index (κ3) is 5.25. The molecule has 0 N–H and O–H groups in total. The van der Waals surface area contributed by atoms with Crippen LogP contribution in [0.1, 0.15) is 34.2 Å². The van der Waals surface area contributed by atoms with Crippen molar-refractivity contribution in [2.75, 3.05) is 6.61 Å². The van der Waals surface area contributed by atoms with Crippen LogP contribution in [0.3, 0.4) is 0 Å². The van der Waals surface area contributed by atoms with Gasteiger partial charge in [0.1, 0.15) is 12.4 Å². The Morgan fingerprint density at radius 3 is 2.44 bits per heavy atom. The predicted molar refractivity (Wildman–Crippen MR) is 104 cm³/mol. The van der Waals surface area contributed by atoms with E-state index in [0.717, 1.165) is 16.9 Å². The first kappa shape index (κ1) is 18.3. The molecule has 0 saturated carbocycles. The maximum absolute atomic E-state index is 11.6. The summed E-state index contributed by atoms with van der Waals surface area (Å²) >= 11 is 0. The number of benzene rings is 2. The topological polar surface area (TPSA) is 61.3 Å². The minimum atomic E-state index is -0.472. The van der Waals surface area contributed by atoms with E-state index >= 15 is 0 Å². The van der Waals surface area contributed by atoms with Gasteiger partial charge in [-0.05, 0) is 42.8 Å². The average molecular weight is 360 g/mol. The highest BCUT2D eigenvalue weighted by Gasteiger charge is 2.08. The Morgan fingerprint density at radius 1 is 0.926 bits per heavy atom. The summed E-state index contributed by atoms with van der Waals surface area (Å²) in [5.41, 5.74) is 2.88. The Hall–Kier alpha value is -3.47. The number of carbonyl (C=O) groups is 1. The molecule has 5 nitrogen and oxygen atoms in total. The second kappa shape index (κ2) is 9.29. The van der Waals surface area contributed by atoms with Crippen LogP contribution in [-0.4, -0.2) is 22.8 Å². The highest BCUT2D eigenvalue weighted by Crippen LogP contribution is 2.21. The smallest absolute Gasteiger partial charge is 0.358 e. The number of ether oxygens (including phenoxy) is 2. The van der Waals surface area contributed by atoms with Gasteiger partial charge in [-0.2, -0.15) is 5.10 Å². The lowest BCUT2D eigenvalue weighted by Crippen LogP contribution is -2.08. The van der Waals surface area contributed by atoms with Crippen molar-refractivity contribution in [1.29, 1.82) is 0 Å². The van der Waals surface area contributed by atoms with Gasteiger partial charge in [0.05, 0.1) is 12.3 Å². The lowest BCUT2D eigenvalue weighted by molar-refractivity contribution is 0.0518. The van der Waals surface area contributed by atoms with E-state index in [1.807, 2.05) is 66.7 Å². The Morgan fingerprint density at radius 2 is 1.70 bits per heavy atom. The Labute approximate surface area is 158 Å². The van der Waals surface area contributed by atoms with Gasteiger partial charge < -0.3 is 9.47 Å². The number of esters is 1. The van der Waals surface area contributed by atoms with Crippen molar-refractivity contribution in [3.8, 4) is 5.75 Å². The summed E-state index contributed by atoms with van der Waals surface area (Å²) < 4.78 is 10.8. The summed E-state index contributed by atoms with van der Waals surface area (Å²) in [6, 6.07) is 21.1. The first-order chi connectivity index (χ1) is 13.3. The molecule has 0 atom stereocenters. The molecule has 0 unspecified atom stereocenters. The summed E-state index contributed by atoms with van der Waals surface area (Å²) in [6.45, 7) is 2.56. The van der Waals surface area contributed by atoms with E-state index in [2.05, 4.69) is 10.2 Å². The van der Waals surface area contributed by atoms with Gasteiger partial charge in [0.2, 0.25) is 0 Å². The van der Waals surface area contributed by atoms with Crippen molar-refractivity contribution in [1.82, 2.24) is 10.2 Å². The number of carbonyl (C=O) groups excluding carboxylic acids is 1. The predicted octanol–water partition coefficient (Wildman–Crippen LogP) is 4.40. The third-order valence-electron chi connectivity index (χ3n) is 3.76. The summed E-state index contributed by atoms with van der Waals surface area (Å²) in [7, 11) is 0. The van der Waals surface area contributed by atoms with E-state index in [1.54, 1.807) is 19.1 Å². The second-order valence-corrected chi connectivity index (χ2v) is 5.71. The molecule has 0 aliphatic carbocycles. The first-order valence-corrected chi connectivity index (χ1v) is 8.71. The average Bonchev–Trinajstić information content (AvgIpc) is 2.72. The van der Waals surface area contributed by atoms with Crippen LogP contribution < -0.4 is 4.74 Å². The van der Waals surface area contributed by atoms with Crippen LogP contribution in [-0.2, 0) is 11.3 Å². The molecule has 0 aliphatic rings. The molecule has 0 amide bonds. The van der Waals surface area contributed by atoms with Crippen LogP contribution >= 0.6 is 0 Å². The fraction of sp³-hybridized carbons (Fsp3) is 0.136. The number of hydrogen-bond donors (Lipinski definition) is 0. The molecule has 136 valence electrons. The molecule has 3 rings (SSSR count). The molecule has 0 fully saturated rings. The Balaban J connectivity index is 1.69. The number of aromatic nitrogens is 2. The van der Waals surface area contributed by atoms with Crippen molar-refractivity contribution in [2.24, 2.45) is 0 Å².